The van der Waals surface area contributed by atoms with Crippen LogP contribution in [0.5, 0.6) is 11.5 Å². The molecule has 0 aliphatic rings. The summed E-state index contributed by atoms with van der Waals surface area (Å²) in [5.41, 5.74) is 3.47. The number of benzene rings is 1. The third kappa shape index (κ3) is 2.62. The molecule has 0 saturated carbocycles. The molecule has 0 saturated heterocycles. The van der Waals surface area contributed by atoms with Crippen molar-refractivity contribution in [2.75, 3.05) is 7.11 Å². The van der Waals surface area contributed by atoms with Gasteiger partial charge in [-0.05, 0) is 11.6 Å². The molecule has 1 aromatic rings. The van der Waals surface area contributed by atoms with Gasteiger partial charge >= 0.3 is 11.9 Å². The Kier molecular flexibility index (Phi) is 3.65. The molecule has 0 aliphatic carbocycles. The Morgan fingerprint density at radius 1 is 1.50 bits per heavy atom. The van der Waals surface area contributed by atoms with Gasteiger partial charge in [-0.3, -0.25) is 10.1 Å². The molecule has 0 bridgehead atoms. The molecule has 0 spiro atoms. The summed E-state index contributed by atoms with van der Waals surface area (Å²) in [5, 5.41) is 20.0. The fourth-order valence-electron chi connectivity index (χ4n) is 1.28. The van der Waals surface area contributed by atoms with E-state index < -0.39 is 39.9 Å². The molecule has 100 valence electrons. The van der Waals surface area contributed by atoms with Crippen molar-refractivity contribution in [3.05, 3.63) is 27.8 Å². The van der Waals surface area contributed by atoms with Gasteiger partial charge in [0.25, 0.3) is 0 Å². The monoisotopic (exact) mass is 266 g/mol. The lowest BCUT2D eigenvalue weighted by Gasteiger charge is -2.16. The molecule has 1 unspecified atom stereocenters. The van der Waals surface area contributed by atoms with E-state index in [2.05, 4.69) is 4.74 Å². The third-order valence-corrected chi connectivity index (χ3v) is 2.21. The Labute approximate surface area is 98.9 Å². The van der Waals surface area contributed by atoms with Gasteiger partial charge in [-0.25, -0.2) is 0 Å². The van der Waals surface area contributed by atoms with Crippen LogP contribution in [0.4, 0.5) is 18.9 Å². The Hall–Kier alpha value is -2.03. The lowest BCUT2D eigenvalue weighted by atomic mass is 10.1. The van der Waals surface area contributed by atoms with Crippen molar-refractivity contribution in [2.45, 2.75) is 12.2 Å². The number of hydrogen-bond acceptors (Lipinski definition) is 5. The summed E-state index contributed by atoms with van der Waals surface area (Å²) in [6.07, 6.45) is -4.75. The van der Waals surface area contributed by atoms with Crippen molar-refractivity contribution in [1.82, 2.24) is 0 Å². The number of alkyl halides is 3. The summed E-state index contributed by atoms with van der Waals surface area (Å²) in [6, 6.07) is -1.03. The van der Waals surface area contributed by atoms with Crippen LogP contribution >= 0.6 is 0 Å². The van der Waals surface area contributed by atoms with E-state index in [1.165, 1.54) is 0 Å². The normalized spacial score (nSPS) is 13.2. The van der Waals surface area contributed by atoms with Gasteiger partial charge in [0.15, 0.2) is 5.75 Å². The second kappa shape index (κ2) is 4.69. The quantitative estimate of drug-likeness (QED) is 0.642. The number of nitrogens with two attached hydrogens (primary N) is 1. The van der Waals surface area contributed by atoms with Crippen LogP contribution in [0.25, 0.3) is 0 Å². The van der Waals surface area contributed by atoms with Crippen LogP contribution in [0.2, 0.25) is 0 Å². The molecule has 9 heteroatoms. The summed E-state index contributed by atoms with van der Waals surface area (Å²) in [5.74, 6) is -1.29. The Bertz CT molecular complexity index is 476. The average molecular weight is 266 g/mol. The number of phenols is 1. The van der Waals surface area contributed by atoms with Crippen LogP contribution in [-0.4, -0.2) is 23.3 Å². The Morgan fingerprint density at radius 2 is 2.06 bits per heavy atom. The fraction of sp³-hybridized carbons (Fsp3) is 0.333. The largest absolute Gasteiger partial charge is 0.500 e. The molecular formula is C9H9F3N2O4. The number of phenolic OH excluding ortho intramolecular Hbond substituents is 1. The maximum atomic E-state index is 12.4. The van der Waals surface area contributed by atoms with Gasteiger partial charge < -0.3 is 15.6 Å². The second-order valence-corrected chi connectivity index (χ2v) is 3.37. The summed E-state index contributed by atoms with van der Waals surface area (Å²) >= 11 is 0. The number of nitrogens with zero attached hydrogens (tertiary/aromatic N) is 1. The van der Waals surface area contributed by atoms with Crippen molar-refractivity contribution < 1.29 is 27.9 Å². The predicted molar refractivity (Wildman–Crippen MR) is 54.3 cm³/mol. The van der Waals surface area contributed by atoms with Crippen LogP contribution in [0.15, 0.2) is 12.1 Å². The van der Waals surface area contributed by atoms with E-state index in [9.17, 15) is 28.4 Å². The van der Waals surface area contributed by atoms with E-state index in [1.54, 1.807) is 0 Å². The summed E-state index contributed by atoms with van der Waals surface area (Å²) in [6.45, 7) is 0. The standard InChI is InChI=1S/C9H9F3N2O4/c1-18-6-3-4(8(13)9(10,11)12)2-5(7(6)15)14(16)17/h2-3,8,15H,13H2,1H3. The van der Waals surface area contributed by atoms with E-state index in [0.717, 1.165) is 13.2 Å². The molecule has 18 heavy (non-hydrogen) atoms. The van der Waals surface area contributed by atoms with Crippen molar-refractivity contribution in [3.63, 3.8) is 0 Å². The van der Waals surface area contributed by atoms with Crippen LogP contribution in [0, 0.1) is 10.1 Å². The van der Waals surface area contributed by atoms with E-state index in [4.69, 9.17) is 5.73 Å². The first kappa shape index (κ1) is 14.0. The number of nitro groups is 1. The SMILES string of the molecule is COc1cc(C(N)C(F)(F)F)cc([N+](=O)[O-])c1O. The highest BCUT2D eigenvalue weighted by Gasteiger charge is 2.39. The summed E-state index contributed by atoms with van der Waals surface area (Å²) < 4.78 is 41.8. The molecule has 0 radical (unpaired) electrons. The van der Waals surface area contributed by atoms with Gasteiger partial charge in [0.05, 0.1) is 12.0 Å². The molecule has 0 amide bonds. The average Bonchev–Trinajstić information content (AvgIpc) is 2.26. The zero-order valence-corrected chi connectivity index (χ0v) is 9.06. The maximum Gasteiger partial charge on any atom is 0.407 e. The first-order chi connectivity index (χ1) is 8.18. The maximum absolute atomic E-state index is 12.4. The molecule has 6 nitrogen and oxygen atoms in total. The van der Waals surface area contributed by atoms with Crippen LogP contribution in [-0.2, 0) is 0 Å². The van der Waals surface area contributed by atoms with Crippen LogP contribution in [0.1, 0.15) is 11.6 Å². The zero-order chi connectivity index (χ0) is 14.1. The van der Waals surface area contributed by atoms with E-state index in [-0.39, 0.29) is 0 Å². The first-order valence-corrected chi connectivity index (χ1v) is 4.56. The zero-order valence-electron chi connectivity index (χ0n) is 9.06. The van der Waals surface area contributed by atoms with E-state index in [0.29, 0.717) is 6.07 Å². The minimum Gasteiger partial charge on any atom is -0.500 e. The molecular weight excluding hydrogens is 257 g/mol. The number of methoxy groups -OCH3 is 1. The van der Waals surface area contributed by atoms with Crippen molar-refractivity contribution in [3.8, 4) is 11.5 Å². The highest BCUT2D eigenvalue weighted by molar-refractivity contribution is 5.57. The minimum absolute atomic E-state index is 0.445. The van der Waals surface area contributed by atoms with Crippen LogP contribution < -0.4 is 10.5 Å². The van der Waals surface area contributed by atoms with E-state index >= 15 is 0 Å². The first-order valence-electron chi connectivity index (χ1n) is 4.56. The summed E-state index contributed by atoms with van der Waals surface area (Å²) in [7, 11) is 1.06. The molecule has 0 aliphatic heterocycles. The number of ether oxygens (including phenoxy) is 1. The van der Waals surface area contributed by atoms with Gasteiger partial charge in [-0.2, -0.15) is 13.2 Å². The molecule has 0 aromatic heterocycles. The number of halogens is 3. The molecule has 0 fully saturated rings. The van der Waals surface area contributed by atoms with Crippen molar-refractivity contribution in [2.24, 2.45) is 5.73 Å². The van der Waals surface area contributed by atoms with Crippen LogP contribution in [0.3, 0.4) is 0 Å². The Balaban J connectivity index is 3.39. The van der Waals surface area contributed by atoms with Gasteiger partial charge in [0.2, 0.25) is 5.75 Å². The predicted octanol–water partition coefficient (Wildman–Crippen LogP) is 1.87. The molecule has 1 atom stereocenters. The Morgan fingerprint density at radius 3 is 2.44 bits per heavy atom. The van der Waals surface area contributed by atoms with Gasteiger partial charge in [0, 0.05) is 6.07 Å². The fourth-order valence-corrected chi connectivity index (χ4v) is 1.28. The number of nitro benzene ring substituents is 1. The number of aromatic hydroxyl groups is 1. The molecule has 1 aromatic carbocycles. The van der Waals surface area contributed by atoms with E-state index in [1.807, 2.05) is 0 Å². The summed E-state index contributed by atoms with van der Waals surface area (Å²) in [4.78, 5) is 9.56. The highest BCUT2D eigenvalue weighted by Crippen LogP contribution is 2.41. The third-order valence-electron chi connectivity index (χ3n) is 2.21. The van der Waals surface area contributed by atoms with Gasteiger partial charge in [-0.15, -0.1) is 0 Å². The lowest BCUT2D eigenvalue weighted by Crippen LogP contribution is -2.28. The van der Waals surface area contributed by atoms with Gasteiger partial charge in [0.1, 0.15) is 6.04 Å². The molecule has 1 rings (SSSR count). The smallest absolute Gasteiger partial charge is 0.407 e. The second-order valence-electron chi connectivity index (χ2n) is 3.37. The number of hydrogen-bond donors (Lipinski definition) is 2. The lowest BCUT2D eigenvalue weighted by molar-refractivity contribution is -0.386. The topological polar surface area (TPSA) is 98.6 Å². The number of rotatable bonds is 3. The molecule has 0 heterocycles. The van der Waals surface area contributed by atoms with Gasteiger partial charge in [-0.1, -0.05) is 0 Å². The molecule has 3 N–H and O–H groups in total. The minimum atomic E-state index is -4.75. The highest BCUT2D eigenvalue weighted by atomic mass is 19.4. The van der Waals surface area contributed by atoms with Crippen molar-refractivity contribution >= 4 is 5.69 Å². The van der Waals surface area contributed by atoms with Crippen molar-refractivity contribution in [1.29, 1.82) is 0 Å².